The van der Waals surface area contributed by atoms with Gasteiger partial charge in [0.05, 0.1) is 6.10 Å². The van der Waals surface area contributed by atoms with Crippen molar-refractivity contribution >= 4 is 0 Å². The Labute approximate surface area is 108 Å². The van der Waals surface area contributed by atoms with Crippen LogP contribution in [0.15, 0.2) is 48.5 Å². The third-order valence-corrected chi connectivity index (χ3v) is 3.12. The van der Waals surface area contributed by atoms with E-state index in [0.29, 0.717) is 12.8 Å². The van der Waals surface area contributed by atoms with Crippen LogP contribution in [0.4, 0.5) is 0 Å². The number of phenolic OH excluding ortho intramolecular Hbond substituents is 1. The van der Waals surface area contributed by atoms with Gasteiger partial charge in [0, 0.05) is 0 Å². The first kappa shape index (κ1) is 12.7. The van der Waals surface area contributed by atoms with Crippen molar-refractivity contribution in [1.29, 1.82) is 0 Å². The molecule has 0 saturated heterocycles. The molecule has 0 bridgehead atoms. The average molecular weight is 242 g/mol. The lowest BCUT2D eigenvalue weighted by Gasteiger charge is -2.12. The standard InChI is InChI=1S/C16H18O2/c1-12-4-2-3-5-14(12)11-16(18)10-13-6-8-15(17)9-7-13/h2-9,16-18H,10-11H2,1H3. The summed E-state index contributed by atoms with van der Waals surface area (Å²) in [5.41, 5.74) is 3.43. The number of aliphatic hydroxyl groups is 1. The first-order chi connectivity index (χ1) is 8.65. The van der Waals surface area contributed by atoms with Gasteiger partial charge in [0.1, 0.15) is 5.75 Å². The van der Waals surface area contributed by atoms with Crippen molar-refractivity contribution in [2.45, 2.75) is 25.9 Å². The van der Waals surface area contributed by atoms with Gasteiger partial charge in [0.2, 0.25) is 0 Å². The average Bonchev–Trinajstić information content (AvgIpc) is 2.35. The highest BCUT2D eigenvalue weighted by Crippen LogP contribution is 2.15. The van der Waals surface area contributed by atoms with Gasteiger partial charge in [0.25, 0.3) is 0 Å². The molecule has 0 aliphatic heterocycles. The molecule has 2 nitrogen and oxygen atoms in total. The van der Waals surface area contributed by atoms with E-state index in [-0.39, 0.29) is 5.75 Å². The Balaban J connectivity index is 1.99. The van der Waals surface area contributed by atoms with Gasteiger partial charge in [-0.2, -0.15) is 0 Å². The Morgan fingerprint density at radius 1 is 0.944 bits per heavy atom. The lowest BCUT2D eigenvalue weighted by Crippen LogP contribution is -2.14. The zero-order valence-electron chi connectivity index (χ0n) is 10.5. The minimum Gasteiger partial charge on any atom is -0.508 e. The van der Waals surface area contributed by atoms with Gasteiger partial charge in [-0.05, 0) is 48.6 Å². The monoisotopic (exact) mass is 242 g/mol. The summed E-state index contributed by atoms with van der Waals surface area (Å²) in [6, 6.07) is 15.1. The molecule has 0 aliphatic carbocycles. The number of phenols is 1. The maximum atomic E-state index is 10.1. The van der Waals surface area contributed by atoms with Gasteiger partial charge in [0.15, 0.2) is 0 Å². The van der Waals surface area contributed by atoms with Crippen LogP contribution in [0, 0.1) is 6.92 Å². The van der Waals surface area contributed by atoms with Crippen molar-refractivity contribution in [3.05, 3.63) is 65.2 Å². The van der Waals surface area contributed by atoms with Crippen LogP contribution in [-0.4, -0.2) is 16.3 Å². The fourth-order valence-corrected chi connectivity index (χ4v) is 2.07. The molecule has 1 atom stereocenters. The van der Waals surface area contributed by atoms with Gasteiger partial charge < -0.3 is 10.2 Å². The maximum Gasteiger partial charge on any atom is 0.115 e. The highest BCUT2D eigenvalue weighted by Gasteiger charge is 2.08. The molecule has 1 unspecified atom stereocenters. The molecule has 2 aromatic carbocycles. The van der Waals surface area contributed by atoms with E-state index in [1.807, 2.05) is 24.3 Å². The molecule has 18 heavy (non-hydrogen) atoms. The predicted octanol–water partition coefficient (Wildman–Crippen LogP) is 2.85. The molecule has 2 heteroatoms. The van der Waals surface area contributed by atoms with Crippen molar-refractivity contribution in [2.24, 2.45) is 0 Å². The predicted molar refractivity (Wildman–Crippen MR) is 72.7 cm³/mol. The van der Waals surface area contributed by atoms with E-state index < -0.39 is 6.10 Å². The van der Waals surface area contributed by atoms with Gasteiger partial charge in [-0.15, -0.1) is 0 Å². The van der Waals surface area contributed by atoms with Crippen molar-refractivity contribution < 1.29 is 10.2 Å². The number of rotatable bonds is 4. The van der Waals surface area contributed by atoms with Crippen molar-refractivity contribution in [3.63, 3.8) is 0 Å². The van der Waals surface area contributed by atoms with E-state index in [0.717, 1.165) is 5.56 Å². The molecule has 94 valence electrons. The molecule has 2 N–H and O–H groups in total. The molecule has 0 radical (unpaired) electrons. The van der Waals surface area contributed by atoms with Gasteiger partial charge in [-0.3, -0.25) is 0 Å². The highest BCUT2D eigenvalue weighted by atomic mass is 16.3. The summed E-state index contributed by atoms with van der Waals surface area (Å²) in [4.78, 5) is 0. The summed E-state index contributed by atoms with van der Waals surface area (Å²) in [6.45, 7) is 2.06. The lowest BCUT2D eigenvalue weighted by molar-refractivity contribution is 0.175. The smallest absolute Gasteiger partial charge is 0.115 e. The van der Waals surface area contributed by atoms with Crippen LogP contribution in [0.2, 0.25) is 0 Å². The number of aryl methyl sites for hydroxylation is 1. The summed E-state index contributed by atoms with van der Waals surface area (Å²) in [6.07, 6.45) is 0.873. The van der Waals surface area contributed by atoms with E-state index in [1.54, 1.807) is 12.1 Å². The van der Waals surface area contributed by atoms with Gasteiger partial charge in [-0.25, -0.2) is 0 Å². The van der Waals surface area contributed by atoms with Crippen molar-refractivity contribution in [3.8, 4) is 5.75 Å². The fourth-order valence-electron chi connectivity index (χ4n) is 2.07. The minimum atomic E-state index is -0.393. The van der Waals surface area contributed by atoms with Crippen LogP contribution >= 0.6 is 0 Å². The minimum absolute atomic E-state index is 0.257. The van der Waals surface area contributed by atoms with E-state index in [2.05, 4.69) is 19.1 Å². The summed E-state index contributed by atoms with van der Waals surface area (Å²) in [5.74, 6) is 0.257. The molecule has 2 rings (SSSR count). The summed E-state index contributed by atoms with van der Waals surface area (Å²) in [5, 5.41) is 19.3. The third-order valence-electron chi connectivity index (χ3n) is 3.12. The molecule has 0 amide bonds. The summed E-state index contributed by atoms with van der Waals surface area (Å²) in [7, 11) is 0. The number of benzene rings is 2. The topological polar surface area (TPSA) is 40.5 Å². The normalized spacial score (nSPS) is 12.3. The van der Waals surface area contributed by atoms with Crippen molar-refractivity contribution in [1.82, 2.24) is 0 Å². The summed E-state index contributed by atoms with van der Waals surface area (Å²) < 4.78 is 0. The number of hydrogen-bond acceptors (Lipinski definition) is 2. The lowest BCUT2D eigenvalue weighted by atomic mass is 9.98. The quantitative estimate of drug-likeness (QED) is 0.865. The van der Waals surface area contributed by atoms with E-state index in [4.69, 9.17) is 0 Å². The Hall–Kier alpha value is -1.80. The second-order valence-electron chi connectivity index (χ2n) is 4.66. The first-order valence-corrected chi connectivity index (χ1v) is 6.15. The Kier molecular flexibility index (Phi) is 4.00. The van der Waals surface area contributed by atoms with E-state index >= 15 is 0 Å². The number of hydrogen-bond donors (Lipinski definition) is 2. The van der Waals surface area contributed by atoms with Crippen LogP contribution in [-0.2, 0) is 12.8 Å². The zero-order valence-corrected chi connectivity index (χ0v) is 10.5. The summed E-state index contributed by atoms with van der Waals surface area (Å²) >= 11 is 0. The van der Waals surface area contributed by atoms with Crippen LogP contribution in [0.1, 0.15) is 16.7 Å². The van der Waals surface area contributed by atoms with Crippen LogP contribution in [0.5, 0.6) is 5.75 Å². The molecule has 0 aliphatic rings. The third kappa shape index (κ3) is 3.34. The van der Waals surface area contributed by atoms with Crippen LogP contribution in [0.25, 0.3) is 0 Å². The second kappa shape index (κ2) is 5.69. The molecule has 0 heterocycles. The molecular formula is C16H18O2. The number of aliphatic hydroxyl groups excluding tert-OH is 1. The molecule has 0 aromatic heterocycles. The van der Waals surface area contributed by atoms with Crippen molar-refractivity contribution in [2.75, 3.05) is 0 Å². The van der Waals surface area contributed by atoms with Crippen LogP contribution in [0.3, 0.4) is 0 Å². The van der Waals surface area contributed by atoms with Gasteiger partial charge >= 0.3 is 0 Å². The molecule has 0 fully saturated rings. The number of aromatic hydroxyl groups is 1. The maximum absolute atomic E-state index is 10.1. The molecule has 0 saturated carbocycles. The largest absolute Gasteiger partial charge is 0.508 e. The second-order valence-corrected chi connectivity index (χ2v) is 4.66. The first-order valence-electron chi connectivity index (χ1n) is 6.15. The highest BCUT2D eigenvalue weighted by molar-refractivity contribution is 5.28. The van der Waals surface area contributed by atoms with E-state index in [1.165, 1.54) is 11.1 Å². The SMILES string of the molecule is Cc1ccccc1CC(O)Cc1ccc(O)cc1. The van der Waals surface area contributed by atoms with E-state index in [9.17, 15) is 10.2 Å². The fraction of sp³-hybridized carbons (Fsp3) is 0.250. The Morgan fingerprint density at radius 3 is 2.28 bits per heavy atom. The molecule has 2 aromatic rings. The zero-order chi connectivity index (χ0) is 13.0. The molecular weight excluding hydrogens is 224 g/mol. The Morgan fingerprint density at radius 2 is 1.61 bits per heavy atom. The van der Waals surface area contributed by atoms with Crippen LogP contribution < -0.4 is 0 Å². The Bertz CT molecular complexity index is 503. The molecule has 0 spiro atoms. The van der Waals surface area contributed by atoms with Gasteiger partial charge in [-0.1, -0.05) is 36.4 Å².